The number of pyridine rings is 1. The minimum absolute atomic E-state index is 0.110. The lowest BCUT2D eigenvalue weighted by molar-refractivity contribution is -0.159. The predicted octanol–water partition coefficient (Wildman–Crippen LogP) is 1.43. The van der Waals surface area contributed by atoms with Crippen LogP contribution in [0.25, 0.3) is 0 Å². The molecule has 1 saturated heterocycles. The summed E-state index contributed by atoms with van der Waals surface area (Å²) in [7, 11) is 0. The van der Waals surface area contributed by atoms with Crippen molar-refractivity contribution in [1.29, 1.82) is 0 Å². The Kier molecular flexibility index (Phi) is 5.59. The number of hydrogen-bond donors (Lipinski definition) is 2. The maximum absolute atomic E-state index is 13.3. The number of nitrogens with one attached hydrogen (secondary N) is 1. The third-order valence-corrected chi connectivity index (χ3v) is 4.24. The molecular weight excluding hydrogens is 311 g/mol. The van der Waals surface area contributed by atoms with Crippen LogP contribution in [0.3, 0.4) is 0 Å². The molecule has 128 valence electrons. The van der Waals surface area contributed by atoms with Gasteiger partial charge in [-0.1, -0.05) is 0 Å². The Hall–Kier alpha value is -1.67. The molecule has 1 aliphatic heterocycles. The highest BCUT2D eigenvalue weighted by Crippen LogP contribution is 2.31. The third-order valence-electron chi connectivity index (χ3n) is 4.24. The van der Waals surface area contributed by atoms with Gasteiger partial charge in [0.05, 0.1) is 5.41 Å². The van der Waals surface area contributed by atoms with Gasteiger partial charge >= 0.3 is 6.18 Å². The number of primary amides is 1. The van der Waals surface area contributed by atoms with Crippen molar-refractivity contribution in [2.45, 2.75) is 31.5 Å². The second-order valence-electron chi connectivity index (χ2n) is 5.79. The summed E-state index contributed by atoms with van der Waals surface area (Å²) in [4.78, 5) is 15.5. The summed E-state index contributed by atoms with van der Waals surface area (Å²) < 4.78 is 45.0. The van der Waals surface area contributed by atoms with E-state index in [2.05, 4.69) is 10.3 Å². The molecule has 1 aromatic heterocycles. The lowest BCUT2D eigenvalue weighted by atomic mass is 9.79. The van der Waals surface area contributed by atoms with E-state index in [1.54, 1.807) is 12.1 Å². The van der Waals surface area contributed by atoms with Crippen LogP contribution in [-0.2, 0) is 16.0 Å². The molecule has 1 unspecified atom stereocenters. The number of halogens is 3. The maximum Gasteiger partial charge on any atom is 0.404 e. The lowest BCUT2D eigenvalue weighted by Crippen LogP contribution is -2.53. The Labute approximate surface area is 132 Å². The second-order valence-corrected chi connectivity index (χ2v) is 5.79. The van der Waals surface area contributed by atoms with E-state index in [1.165, 1.54) is 12.4 Å². The van der Waals surface area contributed by atoms with Crippen molar-refractivity contribution in [3.05, 3.63) is 30.1 Å². The molecule has 2 rings (SSSR count). The average Bonchev–Trinajstić information content (AvgIpc) is 2.52. The predicted molar refractivity (Wildman–Crippen MR) is 77.5 cm³/mol. The fourth-order valence-electron chi connectivity index (χ4n) is 2.65. The third kappa shape index (κ3) is 4.65. The van der Waals surface area contributed by atoms with Gasteiger partial charge in [-0.25, -0.2) is 0 Å². The number of hydrogen-bond acceptors (Lipinski definition) is 4. The zero-order valence-electron chi connectivity index (χ0n) is 12.6. The minimum Gasteiger partial charge on any atom is -0.381 e. The van der Waals surface area contributed by atoms with E-state index in [-0.39, 0.29) is 13.0 Å². The molecule has 1 aromatic rings. The first-order valence-corrected chi connectivity index (χ1v) is 7.40. The number of ether oxygens (including phenoxy) is 1. The molecule has 1 fully saturated rings. The van der Waals surface area contributed by atoms with Gasteiger partial charge in [0.1, 0.15) is 6.04 Å². The standard InChI is InChI=1S/C15H20F3N3O2/c16-15(17,18)12(9-11-1-5-20-6-2-11)21-10-14(13(19)22)3-7-23-8-4-14/h1-2,5-6,12,21H,3-4,7-10H2,(H2,19,22). The summed E-state index contributed by atoms with van der Waals surface area (Å²) in [5, 5.41) is 2.50. The highest BCUT2D eigenvalue weighted by atomic mass is 19.4. The second kappa shape index (κ2) is 7.27. The van der Waals surface area contributed by atoms with Gasteiger partial charge in [0.15, 0.2) is 0 Å². The number of carbonyl (C=O) groups excluding carboxylic acids is 1. The van der Waals surface area contributed by atoms with Gasteiger partial charge in [-0.2, -0.15) is 13.2 Å². The van der Waals surface area contributed by atoms with Crippen LogP contribution >= 0.6 is 0 Å². The van der Waals surface area contributed by atoms with E-state index in [1.807, 2.05) is 0 Å². The maximum atomic E-state index is 13.3. The smallest absolute Gasteiger partial charge is 0.381 e. The molecule has 3 N–H and O–H groups in total. The van der Waals surface area contributed by atoms with Crippen molar-refractivity contribution in [1.82, 2.24) is 10.3 Å². The monoisotopic (exact) mass is 331 g/mol. The van der Waals surface area contributed by atoms with Crippen LogP contribution in [0.5, 0.6) is 0 Å². The molecule has 0 aliphatic carbocycles. The molecule has 0 aromatic carbocycles. The fraction of sp³-hybridized carbons (Fsp3) is 0.600. The number of rotatable bonds is 6. The van der Waals surface area contributed by atoms with Crippen LogP contribution in [0.1, 0.15) is 18.4 Å². The van der Waals surface area contributed by atoms with E-state index < -0.39 is 23.5 Å². The van der Waals surface area contributed by atoms with Gasteiger partial charge in [-0.3, -0.25) is 9.78 Å². The molecule has 5 nitrogen and oxygen atoms in total. The number of nitrogens with two attached hydrogens (primary N) is 1. The van der Waals surface area contributed by atoms with E-state index in [0.29, 0.717) is 31.6 Å². The minimum atomic E-state index is -4.42. The van der Waals surface area contributed by atoms with Crippen LogP contribution in [0.15, 0.2) is 24.5 Å². The number of aromatic nitrogens is 1. The quantitative estimate of drug-likeness (QED) is 0.827. The first-order valence-electron chi connectivity index (χ1n) is 7.40. The average molecular weight is 331 g/mol. The van der Waals surface area contributed by atoms with Crippen molar-refractivity contribution >= 4 is 5.91 Å². The van der Waals surface area contributed by atoms with Gasteiger partial charge in [0.2, 0.25) is 5.91 Å². The van der Waals surface area contributed by atoms with Crippen LogP contribution in [0.2, 0.25) is 0 Å². The van der Waals surface area contributed by atoms with Crippen molar-refractivity contribution in [2.75, 3.05) is 19.8 Å². The molecular formula is C15H20F3N3O2. The first kappa shape index (κ1) is 17.7. The van der Waals surface area contributed by atoms with Gasteiger partial charge in [-0.15, -0.1) is 0 Å². The largest absolute Gasteiger partial charge is 0.404 e. The Morgan fingerprint density at radius 2 is 1.96 bits per heavy atom. The van der Waals surface area contributed by atoms with Crippen LogP contribution < -0.4 is 11.1 Å². The van der Waals surface area contributed by atoms with E-state index >= 15 is 0 Å². The van der Waals surface area contributed by atoms with Gasteiger partial charge in [0.25, 0.3) is 0 Å². The zero-order chi connectivity index (χ0) is 16.9. The summed E-state index contributed by atoms with van der Waals surface area (Å²) in [6.07, 6.45) is -1.09. The molecule has 0 saturated carbocycles. The Balaban J connectivity index is 2.07. The fourth-order valence-corrected chi connectivity index (χ4v) is 2.65. The molecule has 0 spiro atoms. The molecule has 1 atom stereocenters. The van der Waals surface area contributed by atoms with Crippen molar-refractivity contribution in [3.63, 3.8) is 0 Å². The van der Waals surface area contributed by atoms with E-state index in [0.717, 1.165) is 0 Å². The van der Waals surface area contributed by atoms with E-state index in [4.69, 9.17) is 10.5 Å². The van der Waals surface area contributed by atoms with Crippen LogP contribution in [0.4, 0.5) is 13.2 Å². The van der Waals surface area contributed by atoms with Gasteiger partial charge < -0.3 is 15.8 Å². The van der Waals surface area contributed by atoms with Crippen molar-refractivity contribution in [2.24, 2.45) is 11.1 Å². The highest BCUT2D eigenvalue weighted by molar-refractivity contribution is 5.81. The number of alkyl halides is 3. The summed E-state index contributed by atoms with van der Waals surface area (Å²) in [6.45, 7) is 0.540. The highest BCUT2D eigenvalue weighted by Gasteiger charge is 2.43. The summed E-state index contributed by atoms with van der Waals surface area (Å²) >= 11 is 0. The lowest BCUT2D eigenvalue weighted by Gasteiger charge is -2.36. The molecule has 8 heteroatoms. The van der Waals surface area contributed by atoms with Crippen LogP contribution in [-0.4, -0.2) is 42.9 Å². The molecule has 0 radical (unpaired) electrons. The summed E-state index contributed by atoms with van der Waals surface area (Å²) in [5.41, 5.74) is 4.96. The molecule has 1 aliphatic rings. The van der Waals surface area contributed by atoms with E-state index in [9.17, 15) is 18.0 Å². The summed E-state index contributed by atoms with van der Waals surface area (Å²) in [6, 6.07) is 1.33. The molecule has 0 bridgehead atoms. The Morgan fingerprint density at radius 3 is 2.48 bits per heavy atom. The van der Waals surface area contributed by atoms with Crippen molar-refractivity contribution < 1.29 is 22.7 Å². The zero-order valence-corrected chi connectivity index (χ0v) is 12.6. The first-order chi connectivity index (χ1) is 10.8. The Morgan fingerprint density at radius 1 is 1.35 bits per heavy atom. The molecule has 23 heavy (non-hydrogen) atoms. The topological polar surface area (TPSA) is 77.2 Å². The summed E-state index contributed by atoms with van der Waals surface area (Å²) in [5.74, 6) is -0.585. The normalized spacial score (nSPS) is 19.3. The number of carbonyl (C=O) groups is 1. The molecule has 2 heterocycles. The van der Waals surface area contributed by atoms with Crippen molar-refractivity contribution in [3.8, 4) is 0 Å². The number of nitrogens with zero attached hydrogens (tertiary/aromatic N) is 1. The van der Waals surface area contributed by atoms with Gasteiger partial charge in [0, 0.05) is 32.2 Å². The Bertz CT molecular complexity index is 516. The number of amides is 1. The van der Waals surface area contributed by atoms with Gasteiger partial charge in [-0.05, 0) is 37.0 Å². The molecule has 1 amide bonds. The SMILES string of the molecule is NC(=O)C1(CNC(Cc2ccncc2)C(F)(F)F)CCOCC1. The van der Waals surface area contributed by atoms with Crippen LogP contribution in [0, 0.1) is 5.41 Å².